The number of hydrogen-bond acceptors (Lipinski definition) is 5. The molecule has 1 aliphatic rings. The van der Waals surface area contributed by atoms with Crippen LogP contribution in [0.3, 0.4) is 0 Å². The van der Waals surface area contributed by atoms with Crippen LogP contribution in [0.1, 0.15) is 19.3 Å². The molecule has 0 saturated heterocycles. The number of rotatable bonds is 6. The molecule has 1 aromatic carbocycles. The predicted molar refractivity (Wildman–Crippen MR) is 94.1 cm³/mol. The summed E-state index contributed by atoms with van der Waals surface area (Å²) in [7, 11) is 4.16. The number of hydrogen-bond donors (Lipinski definition) is 3. The van der Waals surface area contributed by atoms with Gasteiger partial charge in [0, 0.05) is 16.9 Å². The quantitative estimate of drug-likeness (QED) is 0.705. The fourth-order valence-electron chi connectivity index (χ4n) is 2.25. The van der Waals surface area contributed by atoms with Gasteiger partial charge in [0.2, 0.25) is 5.96 Å². The van der Waals surface area contributed by atoms with Crippen LogP contribution >= 0.6 is 11.6 Å². The molecule has 6 heteroatoms. The summed E-state index contributed by atoms with van der Waals surface area (Å²) in [5.41, 5.74) is 6.63. The molecule has 2 rings (SSSR count). The Morgan fingerprint density at radius 1 is 1.27 bits per heavy atom. The standard InChI is InChI=1S/C16H24ClN5/c1-22(2)12-4-3-9-16(18)10-11-19-15(21-16)20-14-7-5-13(17)6-8-14/h5-8,10-11H,3-4,9,12,18H2,1-2H3,(H2,19,20,21). The number of nitrogens with two attached hydrogens (primary N) is 1. The predicted octanol–water partition coefficient (Wildman–Crippen LogP) is 2.61. The highest BCUT2D eigenvalue weighted by molar-refractivity contribution is 6.30. The summed E-state index contributed by atoms with van der Waals surface area (Å²) in [4.78, 5) is 6.77. The molecule has 0 radical (unpaired) electrons. The highest BCUT2D eigenvalue weighted by Crippen LogP contribution is 2.19. The zero-order valence-corrected chi connectivity index (χ0v) is 13.9. The summed E-state index contributed by atoms with van der Waals surface area (Å²) in [6.45, 7) is 1.07. The summed E-state index contributed by atoms with van der Waals surface area (Å²) in [5, 5.41) is 7.00. The van der Waals surface area contributed by atoms with Gasteiger partial charge in [-0.3, -0.25) is 0 Å². The SMILES string of the molecule is CN(C)CCCCC1(N)C=CNC(Nc2ccc(Cl)cc2)=N1. The Labute approximate surface area is 137 Å². The van der Waals surface area contributed by atoms with E-state index in [1.54, 1.807) is 0 Å². The topological polar surface area (TPSA) is 65.7 Å². The summed E-state index contributed by atoms with van der Waals surface area (Å²) < 4.78 is 0. The van der Waals surface area contributed by atoms with Crippen LogP contribution in [0.25, 0.3) is 0 Å². The average molecular weight is 322 g/mol. The maximum absolute atomic E-state index is 6.36. The fourth-order valence-corrected chi connectivity index (χ4v) is 2.38. The second kappa shape index (κ2) is 7.63. The van der Waals surface area contributed by atoms with Crippen LogP contribution in [0, 0.1) is 0 Å². The first-order valence-corrected chi connectivity index (χ1v) is 7.85. The maximum atomic E-state index is 6.36. The molecule has 0 amide bonds. The van der Waals surface area contributed by atoms with E-state index < -0.39 is 5.66 Å². The van der Waals surface area contributed by atoms with Gasteiger partial charge in [0.25, 0.3) is 0 Å². The lowest BCUT2D eigenvalue weighted by atomic mass is 10.0. The third-order valence-corrected chi connectivity index (χ3v) is 3.70. The first kappa shape index (κ1) is 16.8. The first-order valence-electron chi connectivity index (χ1n) is 7.47. The lowest BCUT2D eigenvalue weighted by Crippen LogP contribution is -2.44. The molecule has 0 spiro atoms. The molecule has 1 aromatic rings. The molecule has 5 nitrogen and oxygen atoms in total. The normalized spacial score (nSPS) is 20.7. The van der Waals surface area contributed by atoms with E-state index in [4.69, 9.17) is 17.3 Å². The molecule has 1 atom stereocenters. The largest absolute Gasteiger partial charge is 0.333 e. The second-order valence-corrected chi connectivity index (χ2v) is 6.26. The minimum absolute atomic E-state index is 0.647. The van der Waals surface area contributed by atoms with E-state index in [9.17, 15) is 0 Å². The van der Waals surface area contributed by atoms with E-state index in [0.717, 1.165) is 31.5 Å². The van der Waals surface area contributed by atoms with Crippen molar-refractivity contribution in [1.82, 2.24) is 10.2 Å². The van der Waals surface area contributed by atoms with E-state index in [2.05, 4.69) is 34.6 Å². The minimum Gasteiger partial charge on any atom is -0.333 e. The van der Waals surface area contributed by atoms with E-state index in [0.29, 0.717) is 11.0 Å². The van der Waals surface area contributed by atoms with Crippen molar-refractivity contribution in [1.29, 1.82) is 0 Å². The van der Waals surface area contributed by atoms with E-state index in [1.807, 2.05) is 36.5 Å². The Balaban J connectivity index is 1.92. The van der Waals surface area contributed by atoms with Gasteiger partial charge >= 0.3 is 0 Å². The van der Waals surface area contributed by atoms with Crippen LogP contribution < -0.4 is 16.4 Å². The number of halogens is 1. The molecule has 0 saturated carbocycles. The number of aliphatic imine (C=N–C) groups is 1. The van der Waals surface area contributed by atoms with Crippen molar-refractivity contribution in [3.63, 3.8) is 0 Å². The van der Waals surface area contributed by atoms with Crippen molar-refractivity contribution < 1.29 is 0 Å². The molecule has 1 unspecified atom stereocenters. The number of anilines is 1. The fraction of sp³-hybridized carbons (Fsp3) is 0.438. The van der Waals surface area contributed by atoms with Gasteiger partial charge in [-0.05, 0) is 70.2 Å². The van der Waals surface area contributed by atoms with Crippen molar-refractivity contribution in [2.24, 2.45) is 10.7 Å². The summed E-state index contributed by atoms with van der Waals surface area (Å²) >= 11 is 5.88. The monoisotopic (exact) mass is 321 g/mol. The number of benzene rings is 1. The zero-order chi connectivity index (χ0) is 16.0. The summed E-state index contributed by atoms with van der Waals surface area (Å²) in [6.07, 6.45) is 6.73. The van der Waals surface area contributed by atoms with Gasteiger partial charge in [-0.25, -0.2) is 4.99 Å². The van der Waals surface area contributed by atoms with Gasteiger partial charge in [0.05, 0.1) is 0 Å². The molecule has 4 N–H and O–H groups in total. The summed E-state index contributed by atoms with van der Waals surface area (Å²) in [5.74, 6) is 0.653. The molecule has 0 aromatic heterocycles. The highest BCUT2D eigenvalue weighted by Gasteiger charge is 2.23. The van der Waals surface area contributed by atoms with Crippen molar-refractivity contribution in [3.05, 3.63) is 41.6 Å². The smallest absolute Gasteiger partial charge is 0.202 e. The van der Waals surface area contributed by atoms with E-state index >= 15 is 0 Å². The maximum Gasteiger partial charge on any atom is 0.202 e. The first-order chi connectivity index (χ1) is 10.5. The molecule has 0 aliphatic carbocycles. The third kappa shape index (κ3) is 5.33. The van der Waals surface area contributed by atoms with Crippen LogP contribution in [0.5, 0.6) is 0 Å². The molecule has 1 aliphatic heterocycles. The van der Waals surface area contributed by atoms with Crippen molar-refractivity contribution in [2.45, 2.75) is 24.9 Å². The molecule has 0 fully saturated rings. The lowest BCUT2D eigenvalue weighted by Gasteiger charge is -2.27. The Bertz CT molecular complexity index is 538. The average Bonchev–Trinajstić information content (AvgIpc) is 2.46. The highest BCUT2D eigenvalue weighted by atomic mass is 35.5. The van der Waals surface area contributed by atoms with Gasteiger partial charge in [-0.1, -0.05) is 11.6 Å². The van der Waals surface area contributed by atoms with Gasteiger partial charge in [-0.15, -0.1) is 0 Å². The van der Waals surface area contributed by atoms with Gasteiger partial charge in [-0.2, -0.15) is 0 Å². The third-order valence-electron chi connectivity index (χ3n) is 3.45. The van der Waals surface area contributed by atoms with Crippen molar-refractivity contribution >= 4 is 23.2 Å². The number of unbranched alkanes of at least 4 members (excludes halogenated alkanes) is 1. The molecular weight excluding hydrogens is 298 g/mol. The van der Waals surface area contributed by atoms with Gasteiger partial charge in [0.15, 0.2) is 0 Å². The summed E-state index contributed by atoms with van der Waals surface area (Å²) in [6, 6.07) is 7.47. The molecule has 120 valence electrons. The van der Waals surface area contributed by atoms with E-state index in [-0.39, 0.29) is 0 Å². The Morgan fingerprint density at radius 2 is 2.00 bits per heavy atom. The Hall–Kier alpha value is -1.56. The molecule has 1 heterocycles. The number of guanidine groups is 1. The van der Waals surface area contributed by atoms with Crippen LogP contribution in [0.15, 0.2) is 41.5 Å². The number of nitrogens with zero attached hydrogens (tertiary/aromatic N) is 2. The van der Waals surface area contributed by atoms with Crippen LogP contribution in [0.2, 0.25) is 5.02 Å². The van der Waals surface area contributed by atoms with Gasteiger partial charge < -0.3 is 21.3 Å². The lowest BCUT2D eigenvalue weighted by molar-refractivity contribution is 0.376. The van der Waals surface area contributed by atoms with Crippen molar-refractivity contribution in [2.75, 3.05) is 26.0 Å². The Morgan fingerprint density at radius 3 is 2.68 bits per heavy atom. The van der Waals surface area contributed by atoms with Crippen molar-refractivity contribution in [3.8, 4) is 0 Å². The van der Waals surface area contributed by atoms with Gasteiger partial charge in [0.1, 0.15) is 5.66 Å². The van der Waals surface area contributed by atoms with Crippen LogP contribution in [-0.2, 0) is 0 Å². The van der Waals surface area contributed by atoms with E-state index in [1.165, 1.54) is 0 Å². The zero-order valence-electron chi connectivity index (χ0n) is 13.1. The minimum atomic E-state index is -0.647. The molecule has 0 bridgehead atoms. The molecule has 22 heavy (non-hydrogen) atoms. The molecular formula is C16H24ClN5. The van der Waals surface area contributed by atoms with Crippen LogP contribution in [-0.4, -0.2) is 37.2 Å². The second-order valence-electron chi connectivity index (χ2n) is 5.82. The van der Waals surface area contributed by atoms with Crippen LogP contribution in [0.4, 0.5) is 5.69 Å². The number of nitrogens with one attached hydrogen (secondary N) is 2. The Kier molecular flexibility index (Phi) is 5.83.